The molecule has 1 unspecified atom stereocenters. The van der Waals surface area contributed by atoms with Crippen molar-refractivity contribution in [3.8, 4) is 6.07 Å². The van der Waals surface area contributed by atoms with Crippen molar-refractivity contribution in [1.29, 1.82) is 5.26 Å². The standard InChI is InChI=1S/C28H27ClN4O3S/c1-20-7-5-11-25(29)27(20)37(35,36)31-26(14-16-33-15-6-10-24(33)18-30)28(34)32(2)19-21-12-13-22-8-3-4-9-23(22)17-21/h3-13,15,17,26,31H,14,16,19H2,1-2H3. The lowest BCUT2D eigenvalue weighted by Gasteiger charge is -2.25. The van der Waals surface area contributed by atoms with Crippen LogP contribution in [-0.2, 0) is 27.9 Å². The number of rotatable bonds is 9. The number of aromatic nitrogens is 1. The molecule has 3 aromatic carbocycles. The molecule has 0 saturated heterocycles. The van der Waals surface area contributed by atoms with E-state index in [2.05, 4.69) is 10.8 Å². The van der Waals surface area contributed by atoms with Gasteiger partial charge in [-0.1, -0.05) is 60.1 Å². The lowest BCUT2D eigenvalue weighted by molar-refractivity contribution is -0.132. The quantitative estimate of drug-likeness (QED) is 0.331. The molecular weight excluding hydrogens is 508 g/mol. The van der Waals surface area contributed by atoms with Crippen molar-refractivity contribution in [1.82, 2.24) is 14.2 Å². The average Bonchev–Trinajstić information content (AvgIpc) is 3.33. The summed E-state index contributed by atoms with van der Waals surface area (Å²) >= 11 is 6.24. The summed E-state index contributed by atoms with van der Waals surface area (Å²) in [4.78, 5) is 15.1. The number of benzene rings is 3. The van der Waals surface area contributed by atoms with Gasteiger partial charge in [-0.15, -0.1) is 0 Å². The van der Waals surface area contributed by atoms with Crippen LogP contribution in [0.25, 0.3) is 10.8 Å². The molecule has 0 spiro atoms. The lowest BCUT2D eigenvalue weighted by atomic mass is 10.1. The number of carbonyl (C=O) groups is 1. The molecule has 190 valence electrons. The van der Waals surface area contributed by atoms with E-state index in [1.54, 1.807) is 49.0 Å². The van der Waals surface area contributed by atoms with Gasteiger partial charge in [0.15, 0.2) is 0 Å². The van der Waals surface area contributed by atoms with Crippen LogP contribution in [0.3, 0.4) is 0 Å². The summed E-state index contributed by atoms with van der Waals surface area (Å²) in [6.45, 7) is 2.24. The highest BCUT2D eigenvalue weighted by Crippen LogP contribution is 2.25. The molecule has 0 bridgehead atoms. The minimum atomic E-state index is -4.11. The number of hydrogen-bond donors (Lipinski definition) is 1. The van der Waals surface area contributed by atoms with E-state index >= 15 is 0 Å². The number of likely N-dealkylation sites (N-methyl/N-ethyl adjacent to an activating group) is 1. The molecule has 4 rings (SSSR count). The molecule has 7 nitrogen and oxygen atoms in total. The summed E-state index contributed by atoms with van der Waals surface area (Å²) in [5.74, 6) is -0.382. The monoisotopic (exact) mass is 534 g/mol. The van der Waals surface area contributed by atoms with E-state index in [1.807, 2.05) is 42.5 Å². The molecule has 1 N–H and O–H groups in total. The van der Waals surface area contributed by atoms with E-state index in [0.29, 0.717) is 17.8 Å². The number of carbonyl (C=O) groups excluding carboxylic acids is 1. The van der Waals surface area contributed by atoms with Crippen molar-refractivity contribution in [2.24, 2.45) is 0 Å². The van der Waals surface area contributed by atoms with Crippen LogP contribution in [0.4, 0.5) is 0 Å². The summed E-state index contributed by atoms with van der Waals surface area (Å²) < 4.78 is 31.0. The van der Waals surface area contributed by atoms with Gasteiger partial charge in [-0.05, 0) is 59.5 Å². The first-order chi connectivity index (χ1) is 17.7. The van der Waals surface area contributed by atoms with Gasteiger partial charge >= 0.3 is 0 Å². The molecular formula is C28H27ClN4O3S. The van der Waals surface area contributed by atoms with E-state index in [-0.39, 0.29) is 28.8 Å². The highest BCUT2D eigenvalue weighted by molar-refractivity contribution is 7.89. The van der Waals surface area contributed by atoms with Crippen molar-refractivity contribution in [3.05, 3.63) is 101 Å². The zero-order valence-electron chi connectivity index (χ0n) is 20.6. The fourth-order valence-corrected chi connectivity index (χ4v) is 6.42. The maximum Gasteiger partial charge on any atom is 0.243 e. The largest absolute Gasteiger partial charge is 0.340 e. The van der Waals surface area contributed by atoms with Crippen LogP contribution in [0.5, 0.6) is 0 Å². The van der Waals surface area contributed by atoms with E-state index in [0.717, 1.165) is 16.3 Å². The Morgan fingerprint density at radius 1 is 1.08 bits per heavy atom. The third kappa shape index (κ3) is 6.03. The topological polar surface area (TPSA) is 95.2 Å². The second-order valence-electron chi connectivity index (χ2n) is 8.92. The first-order valence-electron chi connectivity index (χ1n) is 11.7. The molecule has 0 radical (unpaired) electrons. The fourth-order valence-electron chi connectivity index (χ4n) is 4.37. The third-order valence-corrected chi connectivity index (χ3v) is 8.34. The zero-order chi connectivity index (χ0) is 26.6. The van der Waals surface area contributed by atoms with Crippen molar-refractivity contribution < 1.29 is 13.2 Å². The SMILES string of the molecule is Cc1cccc(Cl)c1S(=O)(=O)NC(CCn1cccc1C#N)C(=O)N(C)Cc1ccc2ccccc2c1. The van der Waals surface area contributed by atoms with Crippen LogP contribution in [0, 0.1) is 18.3 Å². The Hall–Kier alpha value is -3.64. The predicted octanol–water partition coefficient (Wildman–Crippen LogP) is 4.87. The van der Waals surface area contributed by atoms with Crippen LogP contribution < -0.4 is 4.72 Å². The number of fused-ring (bicyclic) bond motifs is 1. The lowest BCUT2D eigenvalue weighted by Crippen LogP contribution is -2.47. The van der Waals surface area contributed by atoms with Gasteiger partial charge in [0.25, 0.3) is 0 Å². The molecule has 0 aliphatic heterocycles. The van der Waals surface area contributed by atoms with Gasteiger partial charge in [-0.25, -0.2) is 8.42 Å². The van der Waals surface area contributed by atoms with Crippen LogP contribution in [0.2, 0.25) is 5.02 Å². The van der Waals surface area contributed by atoms with E-state index in [1.165, 1.54) is 11.0 Å². The van der Waals surface area contributed by atoms with Gasteiger partial charge in [0, 0.05) is 26.3 Å². The Kier molecular flexibility index (Phi) is 7.98. The molecule has 0 fully saturated rings. The van der Waals surface area contributed by atoms with Crippen molar-refractivity contribution in [2.45, 2.75) is 37.4 Å². The molecule has 1 atom stereocenters. The minimum Gasteiger partial charge on any atom is -0.340 e. The van der Waals surface area contributed by atoms with Gasteiger partial charge in [0.1, 0.15) is 22.7 Å². The molecule has 1 amide bonds. The number of aryl methyl sites for hydroxylation is 2. The molecule has 0 aliphatic rings. The summed E-state index contributed by atoms with van der Waals surface area (Å²) in [6.07, 6.45) is 1.87. The van der Waals surface area contributed by atoms with E-state index in [4.69, 9.17) is 11.6 Å². The first-order valence-corrected chi connectivity index (χ1v) is 13.6. The Morgan fingerprint density at radius 3 is 2.57 bits per heavy atom. The number of nitriles is 1. The number of amides is 1. The maximum absolute atomic E-state index is 13.6. The summed E-state index contributed by atoms with van der Waals surface area (Å²) in [7, 11) is -2.46. The molecule has 1 aromatic heterocycles. The Labute approximate surface area is 221 Å². The Morgan fingerprint density at radius 2 is 1.84 bits per heavy atom. The summed E-state index contributed by atoms with van der Waals surface area (Å²) in [5.41, 5.74) is 1.84. The number of sulfonamides is 1. The van der Waals surface area contributed by atoms with Gasteiger partial charge in [-0.2, -0.15) is 9.98 Å². The van der Waals surface area contributed by atoms with Crippen molar-refractivity contribution in [2.75, 3.05) is 7.05 Å². The van der Waals surface area contributed by atoms with E-state index in [9.17, 15) is 18.5 Å². The molecule has 0 saturated carbocycles. The predicted molar refractivity (Wildman–Crippen MR) is 144 cm³/mol. The summed E-state index contributed by atoms with van der Waals surface area (Å²) in [6, 6.07) is 23.2. The highest BCUT2D eigenvalue weighted by Gasteiger charge is 2.30. The number of hydrogen-bond acceptors (Lipinski definition) is 4. The third-order valence-electron chi connectivity index (χ3n) is 6.24. The van der Waals surface area contributed by atoms with Crippen LogP contribution >= 0.6 is 11.6 Å². The smallest absolute Gasteiger partial charge is 0.243 e. The maximum atomic E-state index is 13.6. The Balaban J connectivity index is 1.60. The number of halogens is 1. The Bertz CT molecular complexity index is 1570. The van der Waals surface area contributed by atoms with Crippen molar-refractivity contribution >= 4 is 38.3 Å². The summed E-state index contributed by atoms with van der Waals surface area (Å²) in [5, 5.41) is 11.6. The normalized spacial score (nSPS) is 12.3. The molecule has 9 heteroatoms. The molecule has 1 heterocycles. The van der Waals surface area contributed by atoms with Crippen LogP contribution in [0.1, 0.15) is 23.2 Å². The second kappa shape index (κ2) is 11.2. The number of nitrogens with zero attached hydrogens (tertiary/aromatic N) is 3. The molecule has 37 heavy (non-hydrogen) atoms. The zero-order valence-corrected chi connectivity index (χ0v) is 22.1. The molecule has 4 aromatic rings. The molecule has 0 aliphatic carbocycles. The minimum absolute atomic E-state index is 0.0506. The van der Waals surface area contributed by atoms with Crippen LogP contribution in [0.15, 0.2) is 83.9 Å². The van der Waals surface area contributed by atoms with Crippen LogP contribution in [-0.4, -0.2) is 36.9 Å². The van der Waals surface area contributed by atoms with Gasteiger partial charge < -0.3 is 9.47 Å². The fraction of sp³-hybridized carbons (Fsp3) is 0.214. The second-order valence-corrected chi connectivity index (χ2v) is 11.0. The highest BCUT2D eigenvalue weighted by atomic mass is 35.5. The number of nitrogens with one attached hydrogen (secondary N) is 1. The van der Waals surface area contributed by atoms with Gasteiger partial charge in [0.05, 0.1) is 5.02 Å². The van der Waals surface area contributed by atoms with E-state index < -0.39 is 16.1 Å². The average molecular weight is 535 g/mol. The first kappa shape index (κ1) is 26.4. The van der Waals surface area contributed by atoms with Gasteiger partial charge in [-0.3, -0.25) is 4.79 Å². The van der Waals surface area contributed by atoms with Gasteiger partial charge in [0.2, 0.25) is 15.9 Å². The van der Waals surface area contributed by atoms with Crippen molar-refractivity contribution in [3.63, 3.8) is 0 Å².